The van der Waals surface area contributed by atoms with Gasteiger partial charge in [0, 0.05) is 0 Å². The third-order valence-corrected chi connectivity index (χ3v) is 3.16. The number of alkyl carbamates (subject to hydrolysis) is 1. The van der Waals surface area contributed by atoms with Crippen LogP contribution in [0.5, 0.6) is 0 Å². The molecule has 1 rings (SSSR count). The van der Waals surface area contributed by atoms with E-state index in [1.54, 1.807) is 20.8 Å². The fourth-order valence-electron chi connectivity index (χ4n) is 1.84. The van der Waals surface area contributed by atoms with E-state index in [9.17, 15) is 22.8 Å². The number of ether oxygens (including phenoxy) is 2. The molecule has 0 radical (unpaired) electrons. The molecule has 0 saturated heterocycles. The Labute approximate surface area is 127 Å². The molecule has 0 spiro atoms. The van der Waals surface area contributed by atoms with Crippen LogP contribution in [0.2, 0.25) is 0 Å². The van der Waals surface area contributed by atoms with Crippen molar-refractivity contribution in [3.05, 3.63) is 0 Å². The Kier molecular flexibility index (Phi) is 5.04. The van der Waals surface area contributed by atoms with Crippen molar-refractivity contribution in [1.29, 1.82) is 0 Å². The standard InChI is InChI=1S/C14H22F3NO4/c1-12(2,3)22-11(20)18-13(4,5)10(19)21-9-6-8(7-9)14(15,16)17/h8-9H,6-7H2,1-5H3,(H,18,20)/t8-,9-. The molecule has 1 aliphatic rings. The van der Waals surface area contributed by atoms with Crippen molar-refractivity contribution >= 4 is 12.1 Å². The molecular weight excluding hydrogens is 303 g/mol. The number of hydrogen-bond acceptors (Lipinski definition) is 4. The van der Waals surface area contributed by atoms with E-state index in [0.717, 1.165) is 0 Å². The van der Waals surface area contributed by atoms with Crippen molar-refractivity contribution in [2.45, 2.75) is 70.9 Å². The maximum atomic E-state index is 12.4. The second kappa shape index (κ2) is 5.96. The number of halogens is 3. The third kappa shape index (κ3) is 5.38. The maximum Gasteiger partial charge on any atom is 0.408 e. The zero-order chi connectivity index (χ0) is 17.3. The molecule has 1 fully saturated rings. The lowest BCUT2D eigenvalue weighted by atomic mass is 9.81. The van der Waals surface area contributed by atoms with Gasteiger partial charge in [-0.3, -0.25) is 0 Å². The van der Waals surface area contributed by atoms with Crippen molar-refractivity contribution in [1.82, 2.24) is 5.32 Å². The molecule has 0 aliphatic heterocycles. The Balaban J connectivity index is 2.46. The Morgan fingerprint density at radius 1 is 1.05 bits per heavy atom. The Hall–Kier alpha value is -1.47. The average molecular weight is 325 g/mol. The van der Waals surface area contributed by atoms with Crippen LogP contribution < -0.4 is 5.32 Å². The summed E-state index contributed by atoms with van der Waals surface area (Å²) in [4.78, 5) is 23.6. The molecule has 1 N–H and O–H groups in total. The van der Waals surface area contributed by atoms with Gasteiger partial charge >= 0.3 is 18.2 Å². The van der Waals surface area contributed by atoms with Gasteiger partial charge in [0.05, 0.1) is 5.92 Å². The van der Waals surface area contributed by atoms with E-state index in [1.165, 1.54) is 13.8 Å². The molecule has 0 atom stereocenters. The number of carbonyl (C=O) groups excluding carboxylic acids is 2. The molecule has 1 saturated carbocycles. The van der Waals surface area contributed by atoms with Crippen LogP contribution in [-0.4, -0.2) is 35.5 Å². The van der Waals surface area contributed by atoms with Gasteiger partial charge in [-0.25, -0.2) is 9.59 Å². The summed E-state index contributed by atoms with van der Waals surface area (Å²) in [7, 11) is 0. The quantitative estimate of drug-likeness (QED) is 0.810. The Bertz CT molecular complexity index is 434. The molecular formula is C14H22F3NO4. The molecule has 0 aromatic heterocycles. The van der Waals surface area contributed by atoms with Gasteiger partial charge in [-0.2, -0.15) is 13.2 Å². The van der Waals surface area contributed by atoms with E-state index in [2.05, 4.69) is 5.32 Å². The molecule has 1 amide bonds. The first kappa shape index (κ1) is 18.6. The molecule has 0 unspecified atom stereocenters. The lowest BCUT2D eigenvalue weighted by Crippen LogP contribution is -2.54. The normalized spacial score (nSPS) is 22.5. The highest BCUT2D eigenvalue weighted by Crippen LogP contribution is 2.42. The summed E-state index contributed by atoms with van der Waals surface area (Å²) in [5.41, 5.74) is -2.11. The van der Waals surface area contributed by atoms with Crippen LogP contribution in [0.25, 0.3) is 0 Å². The number of amides is 1. The Morgan fingerprint density at radius 3 is 1.95 bits per heavy atom. The number of esters is 1. The second-order valence-corrected chi connectivity index (χ2v) is 6.99. The largest absolute Gasteiger partial charge is 0.461 e. The summed E-state index contributed by atoms with van der Waals surface area (Å²) in [6, 6.07) is 0. The van der Waals surface area contributed by atoms with E-state index < -0.39 is 41.4 Å². The van der Waals surface area contributed by atoms with Crippen LogP contribution in [0.1, 0.15) is 47.5 Å². The van der Waals surface area contributed by atoms with Crippen molar-refractivity contribution in [3.8, 4) is 0 Å². The highest BCUT2D eigenvalue weighted by molar-refractivity contribution is 5.85. The van der Waals surface area contributed by atoms with E-state index in [1.807, 2.05) is 0 Å². The number of carbonyl (C=O) groups is 2. The predicted octanol–water partition coefficient (Wildman–Crippen LogP) is 3.17. The fraction of sp³-hybridized carbons (Fsp3) is 0.857. The number of rotatable bonds is 3. The minimum absolute atomic E-state index is 0.238. The van der Waals surface area contributed by atoms with Crippen LogP contribution in [0.3, 0.4) is 0 Å². The third-order valence-electron chi connectivity index (χ3n) is 3.16. The summed E-state index contributed by atoms with van der Waals surface area (Å²) >= 11 is 0. The van der Waals surface area contributed by atoms with Gasteiger partial charge in [0.25, 0.3) is 0 Å². The van der Waals surface area contributed by atoms with Gasteiger partial charge in [-0.05, 0) is 47.5 Å². The van der Waals surface area contributed by atoms with Crippen LogP contribution in [-0.2, 0) is 14.3 Å². The summed E-state index contributed by atoms with van der Waals surface area (Å²) < 4.78 is 47.1. The highest BCUT2D eigenvalue weighted by Gasteiger charge is 2.50. The van der Waals surface area contributed by atoms with Crippen molar-refractivity contribution in [2.75, 3.05) is 0 Å². The SMILES string of the molecule is CC(C)(C)OC(=O)NC(C)(C)C(=O)O[C@H]1C[C@H](C(F)(F)F)C1. The Morgan fingerprint density at radius 2 is 1.55 bits per heavy atom. The molecule has 22 heavy (non-hydrogen) atoms. The number of alkyl halides is 3. The summed E-state index contributed by atoms with van der Waals surface area (Å²) in [6.07, 6.45) is -6.29. The molecule has 0 bridgehead atoms. The summed E-state index contributed by atoms with van der Waals surface area (Å²) in [5, 5.41) is 2.35. The second-order valence-electron chi connectivity index (χ2n) is 6.99. The van der Waals surface area contributed by atoms with Gasteiger partial charge in [0.1, 0.15) is 17.2 Å². The van der Waals surface area contributed by atoms with Crippen LogP contribution in [0, 0.1) is 5.92 Å². The van der Waals surface area contributed by atoms with Gasteiger partial charge in [-0.15, -0.1) is 0 Å². The monoisotopic (exact) mass is 325 g/mol. The van der Waals surface area contributed by atoms with Crippen LogP contribution in [0.15, 0.2) is 0 Å². The first-order valence-electron chi connectivity index (χ1n) is 6.99. The van der Waals surface area contributed by atoms with E-state index in [0.29, 0.717) is 0 Å². The zero-order valence-corrected chi connectivity index (χ0v) is 13.3. The molecule has 8 heteroatoms. The van der Waals surface area contributed by atoms with Crippen molar-refractivity contribution in [2.24, 2.45) is 5.92 Å². The first-order valence-corrected chi connectivity index (χ1v) is 6.99. The van der Waals surface area contributed by atoms with Gasteiger partial charge in [-0.1, -0.05) is 0 Å². The van der Waals surface area contributed by atoms with E-state index >= 15 is 0 Å². The molecule has 128 valence electrons. The molecule has 0 aromatic carbocycles. The average Bonchev–Trinajstić information content (AvgIpc) is 2.16. The van der Waals surface area contributed by atoms with Crippen LogP contribution >= 0.6 is 0 Å². The fourth-order valence-corrected chi connectivity index (χ4v) is 1.84. The molecule has 0 heterocycles. The highest BCUT2D eigenvalue weighted by atomic mass is 19.4. The molecule has 1 aliphatic carbocycles. The maximum absolute atomic E-state index is 12.4. The first-order chi connectivity index (χ1) is 9.71. The number of hydrogen-bond donors (Lipinski definition) is 1. The zero-order valence-electron chi connectivity index (χ0n) is 13.3. The predicted molar refractivity (Wildman–Crippen MR) is 72.1 cm³/mol. The lowest BCUT2D eigenvalue weighted by Gasteiger charge is -2.37. The topological polar surface area (TPSA) is 64.6 Å². The van der Waals surface area contributed by atoms with Crippen molar-refractivity contribution < 1.29 is 32.2 Å². The van der Waals surface area contributed by atoms with Gasteiger partial charge in [0.2, 0.25) is 0 Å². The molecule has 5 nitrogen and oxygen atoms in total. The molecule has 0 aromatic rings. The number of nitrogens with one attached hydrogen (secondary N) is 1. The van der Waals surface area contributed by atoms with Crippen molar-refractivity contribution in [3.63, 3.8) is 0 Å². The van der Waals surface area contributed by atoms with E-state index in [-0.39, 0.29) is 12.8 Å². The smallest absolute Gasteiger partial charge is 0.408 e. The van der Waals surface area contributed by atoms with E-state index in [4.69, 9.17) is 9.47 Å². The summed E-state index contributed by atoms with van der Waals surface area (Å²) in [5.74, 6) is -2.21. The lowest BCUT2D eigenvalue weighted by molar-refractivity contribution is -0.221. The van der Waals surface area contributed by atoms with Crippen LogP contribution in [0.4, 0.5) is 18.0 Å². The minimum Gasteiger partial charge on any atom is -0.461 e. The summed E-state index contributed by atoms with van der Waals surface area (Å²) in [6.45, 7) is 7.81. The van der Waals surface area contributed by atoms with Gasteiger partial charge < -0.3 is 14.8 Å². The van der Waals surface area contributed by atoms with Gasteiger partial charge in [0.15, 0.2) is 0 Å². The minimum atomic E-state index is -4.26.